The third kappa shape index (κ3) is 3.02. The van der Waals surface area contributed by atoms with Crippen molar-refractivity contribution in [2.45, 2.75) is 40.3 Å². The molecule has 16 heavy (non-hydrogen) atoms. The van der Waals surface area contributed by atoms with Gasteiger partial charge in [0.05, 0.1) is 5.69 Å². The van der Waals surface area contributed by atoms with Crippen LogP contribution in [0.1, 0.15) is 41.1 Å². The Balaban J connectivity index is 2.76. The molecular formula is C11H18N2O2S. The van der Waals surface area contributed by atoms with Gasteiger partial charge in [0.25, 0.3) is 0 Å². The van der Waals surface area contributed by atoms with Gasteiger partial charge in [0.2, 0.25) is 0 Å². The third-order valence-corrected chi connectivity index (χ3v) is 3.59. The van der Waals surface area contributed by atoms with Crippen LogP contribution in [-0.2, 0) is 11.3 Å². The van der Waals surface area contributed by atoms with Crippen LogP contribution in [-0.4, -0.2) is 17.1 Å². The van der Waals surface area contributed by atoms with E-state index in [1.54, 1.807) is 6.92 Å². The first-order valence-corrected chi connectivity index (χ1v) is 6.14. The number of thiazole rings is 1. The van der Waals surface area contributed by atoms with Crippen molar-refractivity contribution < 1.29 is 9.53 Å². The highest BCUT2D eigenvalue weighted by atomic mass is 32.1. The Morgan fingerprint density at radius 1 is 1.50 bits per heavy atom. The first kappa shape index (κ1) is 13.1. The van der Waals surface area contributed by atoms with Crippen LogP contribution in [0.3, 0.4) is 0 Å². The molecule has 0 amide bonds. The Morgan fingerprint density at radius 3 is 2.56 bits per heavy atom. The summed E-state index contributed by atoms with van der Waals surface area (Å²) in [6.45, 7) is 8.08. The maximum absolute atomic E-state index is 11.8. The molecule has 1 aromatic heterocycles. The second-order valence-corrected chi connectivity index (χ2v) is 5.16. The number of hydrogen-bond donors (Lipinski definition) is 1. The number of ether oxygens (including phenoxy) is 1. The molecule has 0 radical (unpaired) electrons. The molecule has 1 atom stereocenters. The summed E-state index contributed by atoms with van der Waals surface area (Å²) < 4.78 is 5.33. The number of carbonyl (C=O) groups excluding carboxylic acids is 1. The molecule has 0 aliphatic heterocycles. The van der Waals surface area contributed by atoms with Crippen molar-refractivity contribution in [1.29, 1.82) is 0 Å². The monoisotopic (exact) mass is 242 g/mol. The summed E-state index contributed by atoms with van der Waals surface area (Å²) in [5.41, 5.74) is 6.18. The standard InChI is InChI=1S/C11H18N2O2S/c1-6(2)8(4)15-11(14)10-7(3)13-9(5-12)16-10/h6,8H,5,12H2,1-4H3. The molecule has 0 fully saturated rings. The van der Waals surface area contributed by atoms with Gasteiger partial charge < -0.3 is 10.5 Å². The molecule has 2 N–H and O–H groups in total. The summed E-state index contributed by atoms with van der Waals surface area (Å²) in [4.78, 5) is 16.6. The third-order valence-electron chi connectivity index (χ3n) is 2.43. The summed E-state index contributed by atoms with van der Waals surface area (Å²) in [6, 6.07) is 0. The number of aromatic nitrogens is 1. The number of nitrogens with two attached hydrogens (primary N) is 1. The molecule has 0 bridgehead atoms. The number of esters is 1. The lowest BCUT2D eigenvalue weighted by Gasteiger charge is -2.15. The molecule has 1 heterocycles. The van der Waals surface area contributed by atoms with E-state index < -0.39 is 0 Å². The van der Waals surface area contributed by atoms with Gasteiger partial charge in [0.15, 0.2) is 0 Å². The van der Waals surface area contributed by atoms with Crippen molar-refractivity contribution in [3.63, 3.8) is 0 Å². The average Bonchev–Trinajstić information content (AvgIpc) is 2.59. The smallest absolute Gasteiger partial charge is 0.350 e. The second-order valence-electron chi connectivity index (χ2n) is 4.08. The Morgan fingerprint density at radius 2 is 2.12 bits per heavy atom. The van der Waals surface area contributed by atoms with Crippen LogP contribution in [0, 0.1) is 12.8 Å². The van der Waals surface area contributed by atoms with Crippen molar-refractivity contribution in [3.8, 4) is 0 Å². The molecular weight excluding hydrogens is 224 g/mol. The van der Waals surface area contributed by atoms with Crippen LogP contribution in [0.2, 0.25) is 0 Å². The van der Waals surface area contributed by atoms with Gasteiger partial charge in [-0.1, -0.05) is 13.8 Å². The van der Waals surface area contributed by atoms with E-state index in [1.165, 1.54) is 11.3 Å². The summed E-state index contributed by atoms with van der Waals surface area (Å²) >= 11 is 1.31. The van der Waals surface area contributed by atoms with Crippen LogP contribution in [0.5, 0.6) is 0 Å². The SMILES string of the molecule is Cc1nc(CN)sc1C(=O)OC(C)C(C)C. The highest BCUT2D eigenvalue weighted by Gasteiger charge is 2.19. The van der Waals surface area contributed by atoms with E-state index in [2.05, 4.69) is 4.98 Å². The van der Waals surface area contributed by atoms with Crippen molar-refractivity contribution >= 4 is 17.3 Å². The van der Waals surface area contributed by atoms with Gasteiger partial charge in [-0.25, -0.2) is 9.78 Å². The minimum Gasteiger partial charge on any atom is -0.458 e. The van der Waals surface area contributed by atoms with Gasteiger partial charge in [-0.2, -0.15) is 0 Å². The molecule has 0 aliphatic carbocycles. The average molecular weight is 242 g/mol. The zero-order valence-electron chi connectivity index (χ0n) is 10.1. The van der Waals surface area contributed by atoms with Crippen LogP contribution in [0.15, 0.2) is 0 Å². The van der Waals surface area contributed by atoms with Gasteiger partial charge in [-0.05, 0) is 19.8 Å². The number of aryl methyl sites for hydroxylation is 1. The molecule has 90 valence electrons. The normalized spacial score (nSPS) is 12.9. The predicted molar refractivity (Wildman–Crippen MR) is 64.5 cm³/mol. The van der Waals surface area contributed by atoms with Crippen molar-refractivity contribution in [2.75, 3.05) is 0 Å². The molecule has 1 rings (SSSR count). The molecule has 4 nitrogen and oxygen atoms in total. The molecule has 5 heteroatoms. The second kappa shape index (κ2) is 5.41. The van der Waals surface area contributed by atoms with E-state index in [0.29, 0.717) is 23.0 Å². The van der Waals surface area contributed by atoms with Crippen LogP contribution in [0.4, 0.5) is 0 Å². The van der Waals surface area contributed by atoms with E-state index >= 15 is 0 Å². The Labute approximate surface area is 99.8 Å². The fourth-order valence-electron chi connectivity index (χ4n) is 1.09. The first-order valence-electron chi connectivity index (χ1n) is 5.33. The van der Waals surface area contributed by atoms with Crippen LogP contribution >= 0.6 is 11.3 Å². The van der Waals surface area contributed by atoms with Crippen LogP contribution in [0.25, 0.3) is 0 Å². The molecule has 0 aromatic carbocycles. The van der Waals surface area contributed by atoms with E-state index in [-0.39, 0.29) is 12.1 Å². The lowest BCUT2D eigenvalue weighted by Crippen LogP contribution is -2.20. The van der Waals surface area contributed by atoms with E-state index in [4.69, 9.17) is 10.5 Å². The Kier molecular flexibility index (Phi) is 4.44. The van der Waals surface area contributed by atoms with Gasteiger partial charge in [-0.3, -0.25) is 0 Å². The lowest BCUT2D eigenvalue weighted by molar-refractivity contribution is 0.0242. The maximum Gasteiger partial charge on any atom is 0.350 e. The topological polar surface area (TPSA) is 65.2 Å². The quantitative estimate of drug-likeness (QED) is 0.821. The van der Waals surface area contributed by atoms with Gasteiger partial charge >= 0.3 is 5.97 Å². The van der Waals surface area contributed by atoms with Crippen molar-refractivity contribution in [3.05, 3.63) is 15.6 Å². The summed E-state index contributed by atoms with van der Waals surface area (Å²) in [5, 5.41) is 0.765. The number of carbonyl (C=O) groups is 1. The molecule has 0 saturated carbocycles. The molecule has 1 aromatic rings. The predicted octanol–water partition coefficient (Wildman–Crippen LogP) is 2.11. The minimum absolute atomic E-state index is 0.0877. The number of hydrogen-bond acceptors (Lipinski definition) is 5. The minimum atomic E-state index is -0.295. The molecule has 1 unspecified atom stereocenters. The highest BCUT2D eigenvalue weighted by Crippen LogP contribution is 2.20. The summed E-state index contributed by atoms with van der Waals surface area (Å²) in [5.74, 6) is 0.0158. The zero-order valence-corrected chi connectivity index (χ0v) is 10.9. The van der Waals surface area contributed by atoms with Gasteiger partial charge in [0, 0.05) is 6.54 Å². The Bertz CT molecular complexity index is 374. The summed E-state index contributed by atoms with van der Waals surface area (Å²) in [7, 11) is 0. The zero-order chi connectivity index (χ0) is 12.3. The number of nitrogens with zero attached hydrogens (tertiary/aromatic N) is 1. The highest BCUT2D eigenvalue weighted by molar-refractivity contribution is 7.13. The van der Waals surface area contributed by atoms with Gasteiger partial charge in [-0.15, -0.1) is 11.3 Å². The van der Waals surface area contributed by atoms with E-state index in [1.807, 2.05) is 20.8 Å². The molecule has 0 aliphatic rings. The van der Waals surface area contributed by atoms with Crippen molar-refractivity contribution in [1.82, 2.24) is 4.98 Å². The largest absolute Gasteiger partial charge is 0.458 e. The molecule has 0 saturated heterocycles. The molecule has 0 spiro atoms. The number of rotatable bonds is 4. The van der Waals surface area contributed by atoms with Crippen LogP contribution < -0.4 is 5.73 Å². The maximum atomic E-state index is 11.8. The summed E-state index contributed by atoms with van der Waals surface area (Å²) in [6.07, 6.45) is -0.0877. The van der Waals surface area contributed by atoms with Crippen molar-refractivity contribution in [2.24, 2.45) is 11.7 Å². The first-order chi connectivity index (χ1) is 7.45. The van der Waals surface area contributed by atoms with E-state index in [9.17, 15) is 4.79 Å². The van der Waals surface area contributed by atoms with Gasteiger partial charge in [0.1, 0.15) is 16.0 Å². The fourth-order valence-corrected chi connectivity index (χ4v) is 1.91. The fraction of sp³-hybridized carbons (Fsp3) is 0.636. The van der Waals surface area contributed by atoms with E-state index in [0.717, 1.165) is 5.01 Å². The lowest BCUT2D eigenvalue weighted by atomic mass is 10.1. The Hall–Kier alpha value is -0.940.